The van der Waals surface area contributed by atoms with Gasteiger partial charge in [0.25, 0.3) is 0 Å². The Kier molecular flexibility index (Phi) is 5.75. The average molecular weight is 360 g/mol. The third kappa shape index (κ3) is 4.45. The zero-order valence-electron chi connectivity index (χ0n) is 15.2. The summed E-state index contributed by atoms with van der Waals surface area (Å²) in [6, 6.07) is 10.1. The van der Waals surface area contributed by atoms with Crippen LogP contribution < -0.4 is 10.6 Å². The number of carbonyl (C=O) groups excluding carboxylic acids is 2. The molecule has 26 heavy (non-hydrogen) atoms. The second kappa shape index (κ2) is 7.64. The first kappa shape index (κ1) is 19.6. The van der Waals surface area contributed by atoms with Gasteiger partial charge in [-0.05, 0) is 49.6 Å². The minimum absolute atomic E-state index is 0.182. The zero-order valence-corrected chi connectivity index (χ0v) is 15.2. The minimum atomic E-state index is -1.46. The molecule has 4 nitrogen and oxygen atoms in total. The molecule has 0 saturated carbocycles. The first-order valence-electron chi connectivity index (χ1n) is 8.29. The van der Waals surface area contributed by atoms with Crippen LogP contribution in [0.4, 0.5) is 20.2 Å². The summed E-state index contributed by atoms with van der Waals surface area (Å²) in [4.78, 5) is 24.9. The Bertz CT molecular complexity index is 815. The fourth-order valence-electron chi connectivity index (χ4n) is 2.21. The Morgan fingerprint density at radius 1 is 0.923 bits per heavy atom. The third-order valence-electron chi connectivity index (χ3n) is 4.15. The van der Waals surface area contributed by atoms with Crippen molar-refractivity contribution < 1.29 is 18.4 Å². The van der Waals surface area contributed by atoms with Crippen LogP contribution in [0, 0.1) is 17.0 Å². The number of rotatable bonds is 5. The van der Waals surface area contributed by atoms with Gasteiger partial charge < -0.3 is 10.6 Å². The highest BCUT2D eigenvalue weighted by Crippen LogP contribution is 2.24. The second-order valence-electron chi connectivity index (χ2n) is 6.93. The highest BCUT2D eigenvalue weighted by atomic mass is 19.1. The summed E-state index contributed by atoms with van der Waals surface area (Å²) >= 11 is 0. The Hall–Kier alpha value is -2.76. The lowest BCUT2D eigenvalue weighted by Gasteiger charge is -2.23. The van der Waals surface area contributed by atoms with Crippen LogP contribution in [-0.4, -0.2) is 11.8 Å². The molecule has 0 unspecified atom stereocenters. The Balaban J connectivity index is 2.09. The molecule has 0 bridgehead atoms. The number of nitrogens with one attached hydrogen (secondary N) is 2. The van der Waals surface area contributed by atoms with E-state index in [2.05, 4.69) is 24.5 Å². The van der Waals surface area contributed by atoms with Crippen molar-refractivity contribution in [2.75, 3.05) is 10.6 Å². The smallest absolute Gasteiger partial charge is 0.239 e. The topological polar surface area (TPSA) is 58.2 Å². The SMILES string of the molecule is CC(C)c1ccc(NC(=O)C(C)(C)C(=O)Nc2ccc(F)cc2F)cc1. The Morgan fingerprint density at radius 2 is 1.50 bits per heavy atom. The molecule has 0 spiro atoms. The van der Waals surface area contributed by atoms with Crippen molar-refractivity contribution in [1.29, 1.82) is 0 Å². The van der Waals surface area contributed by atoms with E-state index in [9.17, 15) is 18.4 Å². The van der Waals surface area contributed by atoms with Crippen LogP contribution in [0.15, 0.2) is 42.5 Å². The number of anilines is 2. The summed E-state index contributed by atoms with van der Waals surface area (Å²) in [7, 11) is 0. The Morgan fingerprint density at radius 3 is 2.04 bits per heavy atom. The predicted octanol–water partition coefficient (Wildman–Crippen LogP) is 4.69. The van der Waals surface area contributed by atoms with Gasteiger partial charge >= 0.3 is 0 Å². The van der Waals surface area contributed by atoms with E-state index >= 15 is 0 Å². The second-order valence-corrected chi connectivity index (χ2v) is 6.93. The maximum absolute atomic E-state index is 13.7. The van der Waals surface area contributed by atoms with Gasteiger partial charge in [-0.1, -0.05) is 26.0 Å². The maximum atomic E-state index is 13.7. The lowest BCUT2D eigenvalue weighted by molar-refractivity contribution is -0.135. The van der Waals surface area contributed by atoms with Crippen LogP contribution in [0.3, 0.4) is 0 Å². The molecule has 0 saturated heterocycles. The predicted molar refractivity (Wildman–Crippen MR) is 97.9 cm³/mol. The molecule has 2 rings (SSSR count). The molecule has 138 valence electrons. The summed E-state index contributed by atoms with van der Waals surface area (Å²) in [5.41, 5.74) is 0.0518. The molecule has 0 atom stereocenters. The van der Waals surface area contributed by atoms with E-state index in [1.807, 2.05) is 12.1 Å². The molecule has 0 aliphatic carbocycles. The number of amides is 2. The largest absolute Gasteiger partial charge is 0.325 e. The fraction of sp³-hybridized carbons (Fsp3) is 0.300. The molecule has 0 aromatic heterocycles. The zero-order chi connectivity index (χ0) is 19.5. The van der Waals surface area contributed by atoms with Crippen molar-refractivity contribution in [3.8, 4) is 0 Å². The molecule has 0 radical (unpaired) electrons. The minimum Gasteiger partial charge on any atom is -0.325 e. The van der Waals surface area contributed by atoms with Gasteiger partial charge in [-0.3, -0.25) is 9.59 Å². The van der Waals surface area contributed by atoms with Gasteiger partial charge in [-0.25, -0.2) is 8.78 Å². The highest BCUT2D eigenvalue weighted by Gasteiger charge is 2.36. The van der Waals surface area contributed by atoms with E-state index in [-0.39, 0.29) is 5.69 Å². The lowest BCUT2D eigenvalue weighted by Crippen LogP contribution is -2.41. The fourth-order valence-corrected chi connectivity index (χ4v) is 2.21. The Labute approximate surface area is 151 Å². The lowest BCUT2D eigenvalue weighted by atomic mass is 9.90. The van der Waals surface area contributed by atoms with Crippen molar-refractivity contribution in [3.63, 3.8) is 0 Å². The molecule has 2 aromatic carbocycles. The third-order valence-corrected chi connectivity index (χ3v) is 4.15. The number of benzene rings is 2. The molecule has 0 fully saturated rings. The van der Waals surface area contributed by atoms with E-state index in [0.29, 0.717) is 17.7 Å². The number of hydrogen-bond donors (Lipinski definition) is 2. The van der Waals surface area contributed by atoms with E-state index in [1.54, 1.807) is 12.1 Å². The number of hydrogen-bond acceptors (Lipinski definition) is 2. The maximum Gasteiger partial charge on any atom is 0.239 e. The van der Waals surface area contributed by atoms with E-state index in [1.165, 1.54) is 13.8 Å². The van der Waals surface area contributed by atoms with Gasteiger partial charge in [0.1, 0.15) is 17.0 Å². The molecule has 0 aliphatic heterocycles. The van der Waals surface area contributed by atoms with Crippen LogP contribution in [0.5, 0.6) is 0 Å². The van der Waals surface area contributed by atoms with Crippen LogP contribution in [0.2, 0.25) is 0 Å². The van der Waals surface area contributed by atoms with Crippen molar-refractivity contribution in [2.45, 2.75) is 33.6 Å². The number of halogens is 2. The quantitative estimate of drug-likeness (QED) is 0.760. The van der Waals surface area contributed by atoms with E-state index < -0.39 is 28.9 Å². The summed E-state index contributed by atoms with van der Waals surface area (Å²) in [6.45, 7) is 6.99. The molecule has 2 N–H and O–H groups in total. The first-order chi connectivity index (χ1) is 12.1. The summed E-state index contributed by atoms with van der Waals surface area (Å²) < 4.78 is 26.6. The van der Waals surface area contributed by atoms with Gasteiger partial charge in [-0.15, -0.1) is 0 Å². The summed E-state index contributed by atoms with van der Waals surface area (Å²) in [5, 5.41) is 5.01. The van der Waals surface area contributed by atoms with Crippen molar-refractivity contribution >= 4 is 23.2 Å². The number of carbonyl (C=O) groups is 2. The van der Waals surface area contributed by atoms with E-state index in [4.69, 9.17) is 0 Å². The van der Waals surface area contributed by atoms with Crippen LogP contribution in [0.1, 0.15) is 39.2 Å². The standard InChI is InChI=1S/C20H22F2N2O2/c1-12(2)13-5-8-15(9-6-13)23-18(25)20(3,4)19(26)24-17-10-7-14(21)11-16(17)22/h5-12H,1-4H3,(H,23,25)(H,24,26). The van der Waals surface area contributed by atoms with Gasteiger partial charge in [-0.2, -0.15) is 0 Å². The molecular formula is C20H22F2N2O2. The van der Waals surface area contributed by atoms with Crippen LogP contribution >= 0.6 is 0 Å². The molecule has 0 heterocycles. The van der Waals surface area contributed by atoms with Gasteiger partial charge in [0.2, 0.25) is 11.8 Å². The van der Waals surface area contributed by atoms with Crippen LogP contribution in [0.25, 0.3) is 0 Å². The van der Waals surface area contributed by atoms with Crippen molar-refractivity contribution in [3.05, 3.63) is 59.7 Å². The molecule has 2 amide bonds. The van der Waals surface area contributed by atoms with Gasteiger partial charge in [0.15, 0.2) is 0 Å². The molecular weight excluding hydrogens is 338 g/mol. The molecule has 0 aliphatic rings. The summed E-state index contributed by atoms with van der Waals surface area (Å²) in [5.74, 6) is -2.51. The highest BCUT2D eigenvalue weighted by molar-refractivity contribution is 6.14. The first-order valence-corrected chi connectivity index (χ1v) is 8.29. The average Bonchev–Trinajstić information content (AvgIpc) is 2.57. The molecule has 2 aromatic rings. The van der Waals surface area contributed by atoms with E-state index in [0.717, 1.165) is 17.7 Å². The van der Waals surface area contributed by atoms with Crippen LogP contribution in [-0.2, 0) is 9.59 Å². The van der Waals surface area contributed by atoms with Gasteiger partial charge in [0, 0.05) is 11.8 Å². The molecule has 6 heteroatoms. The monoisotopic (exact) mass is 360 g/mol. The van der Waals surface area contributed by atoms with Gasteiger partial charge in [0.05, 0.1) is 5.69 Å². The van der Waals surface area contributed by atoms with Crippen molar-refractivity contribution in [1.82, 2.24) is 0 Å². The summed E-state index contributed by atoms with van der Waals surface area (Å²) in [6.07, 6.45) is 0. The van der Waals surface area contributed by atoms with Crippen molar-refractivity contribution in [2.24, 2.45) is 5.41 Å². The normalized spacial score (nSPS) is 11.3.